The zero-order valence-electron chi connectivity index (χ0n) is 28.4. The molecule has 1 heterocycles. The molecule has 2 aromatic carbocycles. The Morgan fingerprint density at radius 3 is 2.40 bits per heavy atom. The van der Waals surface area contributed by atoms with Crippen molar-refractivity contribution < 1.29 is 28.8 Å². The van der Waals surface area contributed by atoms with E-state index in [0.717, 1.165) is 29.7 Å². The van der Waals surface area contributed by atoms with Gasteiger partial charge >= 0.3 is 6.09 Å². The summed E-state index contributed by atoms with van der Waals surface area (Å²) in [6, 6.07) is 11.6. The van der Waals surface area contributed by atoms with E-state index in [-0.39, 0.29) is 24.1 Å². The third-order valence-electron chi connectivity index (χ3n) is 8.84. The van der Waals surface area contributed by atoms with Crippen LogP contribution in [0.2, 0.25) is 19.1 Å². The lowest BCUT2D eigenvalue weighted by molar-refractivity contribution is -0.384. The van der Waals surface area contributed by atoms with Crippen molar-refractivity contribution in [1.29, 1.82) is 0 Å². The van der Waals surface area contributed by atoms with E-state index in [2.05, 4.69) is 29.8 Å². The number of nitrogens with one attached hydrogen (secondary N) is 2. The highest BCUT2D eigenvalue weighted by Gasteiger charge is 2.47. The first kappa shape index (κ1) is 35.6. The SMILES string of the molecule is C[C@@H](C(=O)N[C@@H](Cc1ccc([N+](=O)[O-])cc1)C(=O)N1C[Si](C)(C)C[C@H]1C(=O)N[C@@H]1CCCc2ccccc21)N(C)C(=O)OC(C)(C)C. The van der Waals surface area contributed by atoms with E-state index in [1.165, 1.54) is 31.7 Å². The molecule has 2 aliphatic rings. The van der Waals surface area contributed by atoms with Crippen LogP contribution in [0.3, 0.4) is 0 Å². The molecule has 254 valence electrons. The number of ether oxygens (including phenoxy) is 1. The summed E-state index contributed by atoms with van der Waals surface area (Å²) in [7, 11) is -0.569. The minimum atomic E-state index is -2.02. The van der Waals surface area contributed by atoms with Crippen molar-refractivity contribution in [3.63, 3.8) is 0 Å². The second kappa shape index (κ2) is 14.2. The molecule has 0 unspecified atom stereocenters. The summed E-state index contributed by atoms with van der Waals surface area (Å²) in [6.07, 6.45) is 2.51. The lowest BCUT2D eigenvalue weighted by Gasteiger charge is -2.33. The third-order valence-corrected chi connectivity index (χ3v) is 11.5. The summed E-state index contributed by atoms with van der Waals surface area (Å²) in [6.45, 7) is 11.0. The van der Waals surface area contributed by atoms with Crippen molar-refractivity contribution in [2.24, 2.45) is 0 Å². The summed E-state index contributed by atoms with van der Waals surface area (Å²) in [5.41, 5.74) is 2.05. The normalized spacial score (nSPS) is 19.9. The van der Waals surface area contributed by atoms with Crippen LogP contribution in [-0.4, -0.2) is 83.6 Å². The van der Waals surface area contributed by atoms with E-state index in [1.54, 1.807) is 37.8 Å². The van der Waals surface area contributed by atoms with Gasteiger partial charge in [0.25, 0.3) is 5.69 Å². The van der Waals surface area contributed by atoms with Gasteiger partial charge in [0.2, 0.25) is 17.7 Å². The number of hydrogen-bond donors (Lipinski definition) is 2. The van der Waals surface area contributed by atoms with Crippen LogP contribution in [0, 0.1) is 10.1 Å². The fourth-order valence-electron chi connectivity index (χ4n) is 6.26. The molecule has 0 radical (unpaired) electrons. The topological polar surface area (TPSA) is 151 Å². The second-order valence-electron chi connectivity index (χ2n) is 14.5. The van der Waals surface area contributed by atoms with E-state index in [9.17, 15) is 29.3 Å². The number of carbonyl (C=O) groups excluding carboxylic acids is 4. The molecule has 13 heteroatoms. The Kier molecular flexibility index (Phi) is 10.8. The zero-order valence-corrected chi connectivity index (χ0v) is 29.4. The number of amides is 4. The molecular formula is C34H47N5O7Si. The Bertz CT molecular complexity index is 1510. The Labute approximate surface area is 277 Å². The van der Waals surface area contributed by atoms with Crippen molar-refractivity contribution in [2.45, 2.75) is 102 Å². The Morgan fingerprint density at radius 1 is 1.11 bits per heavy atom. The van der Waals surface area contributed by atoms with Gasteiger partial charge in [0.05, 0.1) is 19.0 Å². The van der Waals surface area contributed by atoms with Crippen LogP contribution in [0.25, 0.3) is 0 Å². The molecule has 2 N–H and O–H groups in total. The molecule has 0 spiro atoms. The smallest absolute Gasteiger partial charge is 0.410 e. The van der Waals surface area contributed by atoms with E-state index in [1.807, 2.05) is 18.2 Å². The quantitative estimate of drug-likeness (QED) is 0.227. The van der Waals surface area contributed by atoms with Crippen LogP contribution in [0.4, 0.5) is 10.5 Å². The van der Waals surface area contributed by atoms with Gasteiger partial charge in [0.15, 0.2) is 0 Å². The van der Waals surface area contributed by atoms with Gasteiger partial charge in [-0.3, -0.25) is 29.4 Å². The minimum absolute atomic E-state index is 0.0360. The predicted octanol–water partition coefficient (Wildman–Crippen LogP) is 4.53. The van der Waals surface area contributed by atoms with E-state index in [4.69, 9.17) is 4.74 Å². The van der Waals surface area contributed by atoms with Gasteiger partial charge in [-0.25, -0.2) is 4.79 Å². The number of rotatable bonds is 9. The lowest BCUT2D eigenvalue weighted by Crippen LogP contribution is -2.57. The molecule has 1 aliphatic heterocycles. The number of fused-ring (bicyclic) bond motifs is 1. The number of aryl methyl sites for hydroxylation is 1. The van der Waals surface area contributed by atoms with Gasteiger partial charge in [-0.2, -0.15) is 0 Å². The predicted molar refractivity (Wildman–Crippen MR) is 180 cm³/mol. The maximum Gasteiger partial charge on any atom is 0.410 e. The maximum absolute atomic E-state index is 14.4. The van der Waals surface area contributed by atoms with Gasteiger partial charge in [-0.15, -0.1) is 0 Å². The van der Waals surface area contributed by atoms with Crippen LogP contribution in [0.15, 0.2) is 48.5 Å². The minimum Gasteiger partial charge on any atom is -0.444 e. The largest absolute Gasteiger partial charge is 0.444 e. The Hall–Kier alpha value is -4.26. The lowest BCUT2D eigenvalue weighted by atomic mass is 9.87. The van der Waals surface area contributed by atoms with Crippen LogP contribution in [0.5, 0.6) is 0 Å². The molecule has 2 aromatic rings. The van der Waals surface area contributed by atoms with Gasteiger partial charge in [-0.1, -0.05) is 49.5 Å². The molecule has 1 saturated heterocycles. The first-order chi connectivity index (χ1) is 22.0. The summed E-state index contributed by atoms with van der Waals surface area (Å²) < 4.78 is 5.42. The number of hydrogen-bond acceptors (Lipinski definition) is 7. The molecule has 4 amide bonds. The van der Waals surface area contributed by atoms with Crippen molar-refractivity contribution in [2.75, 3.05) is 13.2 Å². The van der Waals surface area contributed by atoms with Crippen LogP contribution in [-0.2, 0) is 32.0 Å². The molecule has 1 fully saturated rings. The Morgan fingerprint density at radius 2 is 1.77 bits per heavy atom. The summed E-state index contributed by atoms with van der Waals surface area (Å²) in [4.78, 5) is 68.1. The van der Waals surface area contributed by atoms with Gasteiger partial charge < -0.3 is 20.3 Å². The highest BCUT2D eigenvalue weighted by atomic mass is 28.3. The zero-order chi connectivity index (χ0) is 34.7. The number of carbonyl (C=O) groups is 4. The van der Waals surface area contributed by atoms with Crippen molar-refractivity contribution in [1.82, 2.24) is 20.4 Å². The van der Waals surface area contributed by atoms with Crippen molar-refractivity contribution >= 4 is 37.6 Å². The standard InChI is InChI=1S/C34H47N5O7Si/c1-22(37(5)33(43)46-34(2,3)4)30(40)36-28(19-23-15-17-25(18-16-23)39(44)45)32(42)38-21-47(6,7)20-29(38)31(41)35-27-14-10-12-24-11-8-9-13-26(24)27/h8-9,11,13,15-18,22,27-29H,10,12,14,19-21H2,1-7H3,(H,35,41)(H,36,40)/t22-,27+,28-,29-/m0/s1. The maximum atomic E-state index is 14.4. The number of nitrogens with zero attached hydrogens (tertiary/aromatic N) is 3. The van der Waals surface area contributed by atoms with E-state index >= 15 is 0 Å². The molecule has 0 aromatic heterocycles. The average molecular weight is 666 g/mol. The van der Waals surface area contributed by atoms with Crippen LogP contribution < -0.4 is 10.6 Å². The highest BCUT2D eigenvalue weighted by molar-refractivity contribution is 6.79. The molecule has 4 rings (SSSR count). The first-order valence-electron chi connectivity index (χ1n) is 16.1. The first-order valence-corrected chi connectivity index (χ1v) is 19.6. The summed E-state index contributed by atoms with van der Waals surface area (Å²) in [5.74, 6) is -1.20. The number of benzene rings is 2. The fourth-order valence-corrected chi connectivity index (χ4v) is 9.14. The fraction of sp³-hybridized carbons (Fsp3) is 0.529. The summed E-state index contributed by atoms with van der Waals surface area (Å²) in [5, 5.41) is 17.3. The van der Waals surface area contributed by atoms with Crippen LogP contribution in [0.1, 0.15) is 63.3 Å². The molecule has 0 saturated carbocycles. The second-order valence-corrected chi connectivity index (χ2v) is 19.5. The molecule has 0 bridgehead atoms. The number of nitro benzene ring substituents is 1. The Balaban J connectivity index is 1.58. The van der Waals surface area contributed by atoms with Crippen molar-refractivity contribution in [3.8, 4) is 0 Å². The molecule has 12 nitrogen and oxygen atoms in total. The average Bonchev–Trinajstić information content (AvgIpc) is 3.34. The monoisotopic (exact) mass is 665 g/mol. The molecule has 4 atom stereocenters. The summed E-state index contributed by atoms with van der Waals surface area (Å²) >= 11 is 0. The third kappa shape index (κ3) is 8.97. The molecular weight excluding hydrogens is 618 g/mol. The number of non-ortho nitro benzene ring substituents is 1. The van der Waals surface area contributed by atoms with Gasteiger partial charge in [0, 0.05) is 31.8 Å². The molecule has 47 heavy (non-hydrogen) atoms. The van der Waals surface area contributed by atoms with E-state index in [0.29, 0.717) is 17.8 Å². The molecule has 1 aliphatic carbocycles. The van der Waals surface area contributed by atoms with Crippen LogP contribution >= 0.6 is 0 Å². The van der Waals surface area contributed by atoms with Gasteiger partial charge in [0.1, 0.15) is 23.7 Å². The van der Waals surface area contributed by atoms with Crippen molar-refractivity contribution in [3.05, 3.63) is 75.3 Å². The highest BCUT2D eigenvalue weighted by Crippen LogP contribution is 2.32. The van der Waals surface area contributed by atoms with E-state index < -0.39 is 54.6 Å². The van der Waals surface area contributed by atoms with Gasteiger partial charge in [-0.05, 0) is 69.7 Å². The number of likely N-dealkylation sites (N-methyl/N-ethyl adjacent to an activating group) is 1. The number of nitro groups is 1.